The molecule has 2 unspecified atom stereocenters. The van der Waals surface area contributed by atoms with Gasteiger partial charge in [0.15, 0.2) is 0 Å². The van der Waals surface area contributed by atoms with Gasteiger partial charge >= 0.3 is 0 Å². The lowest BCUT2D eigenvalue weighted by molar-refractivity contribution is -0.0988. The normalized spacial score (nSPS) is 17.4. The monoisotopic (exact) mass is 212 g/mol. The van der Waals surface area contributed by atoms with Crippen LogP contribution in [0.3, 0.4) is 0 Å². The fraction of sp³-hybridized carbons (Fsp3) is 0.727. The van der Waals surface area contributed by atoms with Crippen molar-refractivity contribution in [3.05, 3.63) is 18.2 Å². The zero-order valence-corrected chi connectivity index (χ0v) is 9.90. The summed E-state index contributed by atoms with van der Waals surface area (Å²) in [5.41, 5.74) is -0.571. The molecule has 0 saturated heterocycles. The third-order valence-corrected chi connectivity index (χ3v) is 3.08. The van der Waals surface area contributed by atoms with Crippen molar-refractivity contribution >= 4 is 0 Å². The van der Waals surface area contributed by atoms with Crippen molar-refractivity contribution in [3.8, 4) is 0 Å². The fourth-order valence-corrected chi connectivity index (χ4v) is 1.56. The quantitative estimate of drug-likeness (QED) is 0.809. The summed E-state index contributed by atoms with van der Waals surface area (Å²) < 4.78 is 7.30. The van der Waals surface area contributed by atoms with E-state index in [0.29, 0.717) is 5.82 Å². The van der Waals surface area contributed by atoms with Crippen molar-refractivity contribution in [2.24, 2.45) is 0 Å². The zero-order valence-electron chi connectivity index (χ0n) is 9.90. The van der Waals surface area contributed by atoms with Crippen LogP contribution in [0.4, 0.5) is 0 Å². The van der Waals surface area contributed by atoms with Gasteiger partial charge in [0.05, 0.1) is 5.60 Å². The van der Waals surface area contributed by atoms with Crippen LogP contribution in [0, 0.1) is 0 Å². The highest BCUT2D eigenvalue weighted by molar-refractivity contribution is 5.03. The van der Waals surface area contributed by atoms with E-state index >= 15 is 0 Å². The van der Waals surface area contributed by atoms with Crippen LogP contribution < -0.4 is 0 Å². The van der Waals surface area contributed by atoms with Gasteiger partial charge in [-0.3, -0.25) is 0 Å². The number of aryl methyl sites for hydroxylation is 1. The average molecular weight is 212 g/mol. The Balaban J connectivity index is 2.97. The number of aromatic nitrogens is 2. The highest BCUT2D eigenvalue weighted by Gasteiger charge is 2.34. The van der Waals surface area contributed by atoms with Gasteiger partial charge in [-0.25, -0.2) is 4.98 Å². The molecule has 0 bridgehead atoms. The number of hydrogen-bond donors (Lipinski definition) is 1. The van der Waals surface area contributed by atoms with Crippen molar-refractivity contribution in [2.45, 2.75) is 45.4 Å². The molecule has 0 radical (unpaired) electrons. The largest absolute Gasteiger partial charge is 0.382 e. The summed E-state index contributed by atoms with van der Waals surface area (Å²) >= 11 is 0. The molecule has 4 heteroatoms. The molecule has 86 valence electrons. The van der Waals surface area contributed by atoms with E-state index in [9.17, 15) is 5.11 Å². The molecule has 0 amide bonds. The summed E-state index contributed by atoms with van der Waals surface area (Å²) in [7, 11) is 1.62. The Kier molecular flexibility index (Phi) is 3.88. The minimum Gasteiger partial charge on any atom is -0.382 e. The molecular weight excluding hydrogens is 192 g/mol. The summed E-state index contributed by atoms with van der Waals surface area (Å²) in [6.45, 7) is 6.71. The van der Waals surface area contributed by atoms with Gasteiger partial charge in [0.25, 0.3) is 0 Å². The first-order chi connectivity index (χ1) is 7.09. The molecule has 1 aromatic heterocycles. The zero-order chi connectivity index (χ0) is 11.5. The van der Waals surface area contributed by atoms with E-state index in [4.69, 9.17) is 4.74 Å². The summed E-state index contributed by atoms with van der Waals surface area (Å²) in [4.78, 5) is 4.18. The van der Waals surface area contributed by atoms with Crippen molar-refractivity contribution in [1.29, 1.82) is 0 Å². The second-order valence-electron chi connectivity index (χ2n) is 3.84. The summed E-state index contributed by atoms with van der Waals surface area (Å²) in [6.07, 6.45) is 3.61. The first kappa shape index (κ1) is 12.2. The Morgan fingerprint density at radius 1 is 1.60 bits per heavy atom. The van der Waals surface area contributed by atoms with Gasteiger partial charge < -0.3 is 14.4 Å². The van der Waals surface area contributed by atoms with Gasteiger partial charge in [-0.1, -0.05) is 6.92 Å². The van der Waals surface area contributed by atoms with E-state index in [1.807, 2.05) is 31.5 Å². The van der Waals surface area contributed by atoms with E-state index in [-0.39, 0.29) is 0 Å². The second kappa shape index (κ2) is 4.77. The average Bonchev–Trinajstić information content (AvgIpc) is 2.74. The maximum atomic E-state index is 10.2. The first-order valence-electron chi connectivity index (χ1n) is 5.33. The van der Waals surface area contributed by atoms with Gasteiger partial charge in [-0.15, -0.1) is 0 Å². The molecular formula is C11H20N2O2. The van der Waals surface area contributed by atoms with Crippen LogP contribution in [0.25, 0.3) is 0 Å². The summed E-state index contributed by atoms with van der Waals surface area (Å²) in [5.74, 6) is 0.670. The molecule has 1 N–H and O–H groups in total. The SMILES string of the molecule is CCn1ccnc1C(O)C(C)(CC)OC. The Bertz CT molecular complexity index is 305. The van der Waals surface area contributed by atoms with Crippen LogP contribution in [0.15, 0.2) is 12.4 Å². The number of hydrogen-bond acceptors (Lipinski definition) is 3. The van der Waals surface area contributed by atoms with Crippen molar-refractivity contribution in [1.82, 2.24) is 9.55 Å². The Morgan fingerprint density at radius 3 is 2.73 bits per heavy atom. The predicted molar refractivity (Wildman–Crippen MR) is 58.6 cm³/mol. The van der Waals surface area contributed by atoms with Gasteiger partial charge in [-0.2, -0.15) is 0 Å². The molecule has 0 aliphatic heterocycles. The molecule has 0 aliphatic carbocycles. The van der Waals surface area contributed by atoms with Gasteiger partial charge in [-0.05, 0) is 20.3 Å². The fourth-order valence-electron chi connectivity index (χ4n) is 1.56. The number of ether oxygens (including phenoxy) is 1. The number of aliphatic hydroxyl groups excluding tert-OH is 1. The van der Waals surface area contributed by atoms with E-state index in [0.717, 1.165) is 13.0 Å². The lowest BCUT2D eigenvalue weighted by Gasteiger charge is -2.31. The van der Waals surface area contributed by atoms with E-state index in [1.165, 1.54) is 0 Å². The van der Waals surface area contributed by atoms with Crippen LogP contribution in [0.5, 0.6) is 0 Å². The molecule has 0 aliphatic rings. The molecule has 1 rings (SSSR count). The van der Waals surface area contributed by atoms with Gasteiger partial charge in [0.1, 0.15) is 11.9 Å². The molecule has 1 aromatic rings. The highest BCUT2D eigenvalue weighted by atomic mass is 16.5. The standard InChI is InChI=1S/C11H20N2O2/c1-5-11(3,15-4)9(14)10-12-7-8-13(10)6-2/h7-9,14H,5-6H2,1-4H3. The summed E-state index contributed by atoms with van der Waals surface area (Å²) in [6, 6.07) is 0. The third-order valence-electron chi connectivity index (χ3n) is 3.08. The van der Waals surface area contributed by atoms with E-state index in [1.54, 1.807) is 13.3 Å². The van der Waals surface area contributed by atoms with Crippen LogP contribution in [-0.2, 0) is 11.3 Å². The molecule has 0 fully saturated rings. The summed E-state index contributed by atoms with van der Waals surface area (Å²) in [5, 5.41) is 10.2. The number of methoxy groups -OCH3 is 1. The third kappa shape index (κ3) is 2.21. The molecule has 1 heterocycles. The number of nitrogens with zero attached hydrogens (tertiary/aromatic N) is 2. The first-order valence-corrected chi connectivity index (χ1v) is 5.33. The van der Waals surface area contributed by atoms with Crippen molar-refractivity contribution in [2.75, 3.05) is 7.11 Å². The van der Waals surface area contributed by atoms with Crippen molar-refractivity contribution in [3.63, 3.8) is 0 Å². The minimum atomic E-state index is -0.692. The van der Waals surface area contributed by atoms with Crippen LogP contribution >= 0.6 is 0 Å². The van der Waals surface area contributed by atoms with Crippen LogP contribution in [0.2, 0.25) is 0 Å². The Hall–Kier alpha value is -0.870. The van der Waals surface area contributed by atoms with Crippen LogP contribution in [0.1, 0.15) is 39.1 Å². The van der Waals surface area contributed by atoms with Gasteiger partial charge in [0, 0.05) is 26.0 Å². The van der Waals surface area contributed by atoms with Crippen molar-refractivity contribution < 1.29 is 9.84 Å². The second-order valence-corrected chi connectivity index (χ2v) is 3.84. The smallest absolute Gasteiger partial charge is 0.140 e. The molecule has 4 nitrogen and oxygen atoms in total. The molecule has 15 heavy (non-hydrogen) atoms. The molecule has 0 saturated carbocycles. The molecule has 2 atom stereocenters. The maximum absolute atomic E-state index is 10.2. The van der Waals surface area contributed by atoms with Crippen LogP contribution in [-0.4, -0.2) is 27.4 Å². The molecule has 0 aromatic carbocycles. The lowest BCUT2D eigenvalue weighted by Crippen LogP contribution is -2.36. The van der Waals surface area contributed by atoms with Gasteiger partial charge in [0.2, 0.25) is 0 Å². The Labute approximate surface area is 90.9 Å². The Morgan fingerprint density at radius 2 is 2.27 bits per heavy atom. The number of imidazole rings is 1. The highest BCUT2D eigenvalue weighted by Crippen LogP contribution is 2.30. The number of rotatable bonds is 5. The number of aliphatic hydroxyl groups is 1. The predicted octanol–water partition coefficient (Wildman–Crippen LogP) is 1.75. The van der Waals surface area contributed by atoms with E-state index < -0.39 is 11.7 Å². The van der Waals surface area contributed by atoms with E-state index in [2.05, 4.69) is 4.98 Å². The molecule has 0 spiro atoms. The lowest BCUT2D eigenvalue weighted by atomic mass is 9.95. The topological polar surface area (TPSA) is 47.3 Å². The maximum Gasteiger partial charge on any atom is 0.140 e. The minimum absolute atomic E-state index is 0.571.